The van der Waals surface area contributed by atoms with Gasteiger partial charge < -0.3 is 10.4 Å². The molecule has 1 aliphatic rings. The summed E-state index contributed by atoms with van der Waals surface area (Å²) >= 11 is 0. The van der Waals surface area contributed by atoms with E-state index in [1.54, 1.807) is 12.1 Å². The molecule has 0 saturated carbocycles. The zero-order valence-electron chi connectivity index (χ0n) is 10.8. The second-order valence-electron chi connectivity index (χ2n) is 4.95. The van der Waals surface area contributed by atoms with Gasteiger partial charge in [-0.05, 0) is 24.1 Å². The van der Waals surface area contributed by atoms with Crippen molar-refractivity contribution in [3.05, 3.63) is 35.6 Å². The molecule has 110 valence electrons. The van der Waals surface area contributed by atoms with Crippen molar-refractivity contribution in [2.24, 2.45) is 0 Å². The van der Waals surface area contributed by atoms with Gasteiger partial charge in [0.1, 0.15) is 5.82 Å². The number of nitrogens with one attached hydrogen (secondary N) is 1. The van der Waals surface area contributed by atoms with E-state index in [1.807, 2.05) is 0 Å². The number of hydrogen-bond donors (Lipinski definition) is 2. The van der Waals surface area contributed by atoms with Crippen LogP contribution in [0.1, 0.15) is 12.0 Å². The van der Waals surface area contributed by atoms with Crippen molar-refractivity contribution in [3.8, 4) is 0 Å². The summed E-state index contributed by atoms with van der Waals surface area (Å²) < 4.78 is 35.5. The van der Waals surface area contributed by atoms with E-state index in [0.29, 0.717) is 12.0 Å². The Labute approximate surface area is 116 Å². The Bertz CT molecular complexity index is 602. The van der Waals surface area contributed by atoms with Gasteiger partial charge in [-0.1, -0.05) is 12.1 Å². The molecule has 1 aromatic rings. The molecule has 20 heavy (non-hydrogen) atoms. The third kappa shape index (κ3) is 4.01. The van der Waals surface area contributed by atoms with E-state index in [4.69, 9.17) is 0 Å². The lowest BCUT2D eigenvalue weighted by Crippen LogP contribution is -2.42. The fraction of sp³-hybridized carbons (Fsp3) is 0.462. The van der Waals surface area contributed by atoms with Gasteiger partial charge in [-0.3, -0.25) is 4.79 Å². The van der Waals surface area contributed by atoms with Gasteiger partial charge in [0.25, 0.3) is 0 Å². The van der Waals surface area contributed by atoms with Crippen molar-refractivity contribution >= 4 is 15.7 Å². The summed E-state index contributed by atoms with van der Waals surface area (Å²) in [6, 6.07) is 5.20. The molecule has 7 heteroatoms. The first-order valence-electron chi connectivity index (χ1n) is 6.28. The number of carbonyl (C=O) groups excluding carboxylic acids is 1. The van der Waals surface area contributed by atoms with Crippen molar-refractivity contribution < 1.29 is 22.7 Å². The van der Waals surface area contributed by atoms with Gasteiger partial charge in [-0.25, -0.2) is 12.8 Å². The first kappa shape index (κ1) is 14.9. The summed E-state index contributed by atoms with van der Waals surface area (Å²) in [5.41, 5.74) is 0.694. The molecule has 0 aromatic heterocycles. The second-order valence-corrected chi connectivity index (χ2v) is 7.10. The van der Waals surface area contributed by atoms with Crippen molar-refractivity contribution in [2.45, 2.75) is 25.0 Å². The van der Waals surface area contributed by atoms with Crippen LogP contribution >= 0.6 is 0 Å². The van der Waals surface area contributed by atoms with E-state index >= 15 is 0 Å². The highest BCUT2D eigenvalue weighted by atomic mass is 32.2. The van der Waals surface area contributed by atoms with E-state index in [1.165, 1.54) is 12.1 Å². The Morgan fingerprint density at radius 1 is 1.40 bits per heavy atom. The molecule has 5 nitrogen and oxygen atoms in total. The summed E-state index contributed by atoms with van der Waals surface area (Å²) in [5.74, 6) is -1.27. The Hall–Kier alpha value is -1.47. The SMILES string of the molecule is O=C(CCc1cccc(F)c1)N[C@@H]1CS(=O)(=O)C[C@H]1O. The molecule has 1 aromatic carbocycles. The Kier molecular flexibility index (Phi) is 4.39. The Morgan fingerprint density at radius 2 is 2.15 bits per heavy atom. The smallest absolute Gasteiger partial charge is 0.220 e. The van der Waals surface area contributed by atoms with Gasteiger partial charge in [-0.15, -0.1) is 0 Å². The maximum Gasteiger partial charge on any atom is 0.220 e. The molecule has 1 fully saturated rings. The molecule has 2 rings (SSSR count). The number of aliphatic hydroxyl groups excluding tert-OH is 1. The molecule has 0 aliphatic carbocycles. The second kappa shape index (κ2) is 5.88. The maximum atomic E-state index is 13.0. The molecule has 0 radical (unpaired) electrons. The van der Waals surface area contributed by atoms with Crippen LogP contribution in [0.4, 0.5) is 4.39 Å². The van der Waals surface area contributed by atoms with Gasteiger partial charge in [0, 0.05) is 6.42 Å². The quantitative estimate of drug-likeness (QED) is 0.822. The van der Waals surface area contributed by atoms with E-state index < -0.39 is 22.0 Å². The molecule has 1 heterocycles. The number of benzene rings is 1. The van der Waals surface area contributed by atoms with Crippen LogP contribution in [0.2, 0.25) is 0 Å². The number of sulfone groups is 1. The molecule has 1 amide bonds. The van der Waals surface area contributed by atoms with Gasteiger partial charge in [-0.2, -0.15) is 0 Å². The molecule has 1 saturated heterocycles. The zero-order chi connectivity index (χ0) is 14.8. The van der Waals surface area contributed by atoms with Crippen molar-refractivity contribution in [3.63, 3.8) is 0 Å². The van der Waals surface area contributed by atoms with E-state index in [2.05, 4.69) is 5.32 Å². The van der Waals surface area contributed by atoms with Crippen molar-refractivity contribution in [2.75, 3.05) is 11.5 Å². The predicted molar refractivity (Wildman–Crippen MR) is 71.3 cm³/mol. The largest absolute Gasteiger partial charge is 0.390 e. The number of aryl methyl sites for hydroxylation is 1. The highest BCUT2D eigenvalue weighted by Crippen LogP contribution is 2.13. The topological polar surface area (TPSA) is 83.5 Å². The van der Waals surface area contributed by atoms with Crippen LogP contribution in [-0.4, -0.2) is 43.1 Å². The zero-order valence-corrected chi connectivity index (χ0v) is 11.6. The highest BCUT2D eigenvalue weighted by molar-refractivity contribution is 7.91. The van der Waals surface area contributed by atoms with Crippen LogP contribution in [0.15, 0.2) is 24.3 Å². The summed E-state index contributed by atoms with van der Waals surface area (Å²) in [7, 11) is -3.28. The third-order valence-electron chi connectivity index (χ3n) is 3.20. The van der Waals surface area contributed by atoms with Crippen molar-refractivity contribution in [1.29, 1.82) is 0 Å². The van der Waals surface area contributed by atoms with Crippen LogP contribution in [-0.2, 0) is 21.1 Å². The van der Waals surface area contributed by atoms with Gasteiger partial charge in [0.05, 0.1) is 23.7 Å². The van der Waals surface area contributed by atoms with Crippen LogP contribution in [0.5, 0.6) is 0 Å². The minimum atomic E-state index is -3.28. The van der Waals surface area contributed by atoms with Gasteiger partial charge in [0.2, 0.25) is 5.91 Å². The lowest BCUT2D eigenvalue weighted by molar-refractivity contribution is -0.122. The first-order valence-corrected chi connectivity index (χ1v) is 8.10. The van der Waals surface area contributed by atoms with E-state index in [9.17, 15) is 22.7 Å². The van der Waals surface area contributed by atoms with Crippen molar-refractivity contribution in [1.82, 2.24) is 5.32 Å². The normalized spacial score (nSPS) is 24.5. The van der Waals surface area contributed by atoms with E-state index in [0.717, 1.165) is 0 Å². The molecular formula is C13H16FNO4S. The van der Waals surface area contributed by atoms with Crippen LogP contribution in [0, 0.1) is 5.82 Å². The summed E-state index contributed by atoms with van der Waals surface area (Å²) in [6.07, 6.45) is -0.579. The molecule has 2 N–H and O–H groups in total. The van der Waals surface area contributed by atoms with Gasteiger partial charge in [0.15, 0.2) is 9.84 Å². The maximum absolute atomic E-state index is 13.0. The minimum absolute atomic E-state index is 0.118. The molecular weight excluding hydrogens is 285 g/mol. The monoisotopic (exact) mass is 301 g/mol. The number of rotatable bonds is 4. The first-order chi connectivity index (χ1) is 9.35. The number of aliphatic hydroxyl groups is 1. The molecule has 0 bridgehead atoms. The summed E-state index contributed by atoms with van der Waals surface area (Å²) in [6.45, 7) is 0. The molecule has 0 spiro atoms. The average Bonchev–Trinajstić information content (AvgIpc) is 2.60. The lowest BCUT2D eigenvalue weighted by Gasteiger charge is -2.14. The molecule has 0 unspecified atom stereocenters. The fourth-order valence-electron chi connectivity index (χ4n) is 2.20. The highest BCUT2D eigenvalue weighted by Gasteiger charge is 2.37. The molecule has 1 aliphatic heterocycles. The standard InChI is InChI=1S/C13H16FNO4S/c14-10-3-1-2-9(6-10)4-5-13(17)15-11-7-20(18,19)8-12(11)16/h1-3,6,11-12,16H,4-5,7-8H2,(H,15,17)/t11-,12-/m1/s1. The van der Waals surface area contributed by atoms with Crippen LogP contribution in [0.25, 0.3) is 0 Å². The Morgan fingerprint density at radius 3 is 2.75 bits per heavy atom. The molecule has 2 atom stereocenters. The predicted octanol–water partition coefficient (Wildman–Crippen LogP) is 0.0324. The third-order valence-corrected chi connectivity index (χ3v) is 4.92. The average molecular weight is 301 g/mol. The number of hydrogen-bond acceptors (Lipinski definition) is 4. The van der Waals surface area contributed by atoms with E-state index in [-0.39, 0.29) is 29.7 Å². The number of carbonyl (C=O) groups is 1. The summed E-state index contributed by atoms with van der Waals surface area (Å²) in [5, 5.41) is 12.1. The Balaban J connectivity index is 1.84. The number of amides is 1. The van der Waals surface area contributed by atoms with Gasteiger partial charge >= 0.3 is 0 Å². The lowest BCUT2D eigenvalue weighted by atomic mass is 10.1. The fourth-order valence-corrected chi connectivity index (χ4v) is 3.94. The number of halogens is 1. The van der Waals surface area contributed by atoms with Crippen LogP contribution in [0.3, 0.4) is 0 Å². The summed E-state index contributed by atoms with van der Waals surface area (Å²) in [4.78, 5) is 11.7. The minimum Gasteiger partial charge on any atom is -0.390 e. The van der Waals surface area contributed by atoms with Crippen LogP contribution < -0.4 is 5.32 Å².